The van der Waals surface area contributed by atoms with Crippen molar-refractivity contribution in [1.29, 1.82) is 0 Å². The summed E-state index contributed by atoms with van der Waals surface area (Å²) in [7, 11) is 1.10. The summed E-state index contributed by atoms with van der Waals surface area (Å²) in [6.45, 7) is 1.11. The van der Waals surface area contributed by atoms with Crippen molar-refractivity contribution in [2.75, 3.05) is 12.4 Å². The Morgan fingerprint density at radius 2 is 1.79 bits per heavy atom. The van der Waals surface area contributed by atoms with Crippen LogP contribution in [-0.4, -0.2) is 34.8 Å². The number of nitrogens with one attached hydrogen (secondary N) is 1. The van der Waals surface area contributed by atoms with Gasteiger partial charge in [0.15, 0.2) is 5.75 Å². The number of amides is 1. The Labute approximate surface area is 118 Å². The second kappa shape index (κ2) is 5.64. The fourth-order valence-corrected chi connectivity index (χ4v) is 1.65. The summed E-state index contributed by atoms with van der Waals surface area (Å²) in [5, 5.41) is 20.5. The predicted molar refractivity (Wildman–Crippen MR) is 69.8 cm³/mol. The Hall–Kier alpha value is -1.50. The number of hydrogen-bond acceptors (Lipinski definition) is 4. The maximum Gasteiger partial charge on any atom is 0.345 e. The molecule has 3 N–H and O–H groups in total. The van der Waals surface area contributed by atoms with Gasteiger partial charge in [0.2, 0.25) is 5.60 Å². The molecule has 104 valence electrons. The second-order valence-corrected chi connectivity index (χ2v) is 4.60. The van der Waals surface area contributed by atoms with Crippen LogP contribution in [0.25, 0.3) is 0 Å². The molecule has 0 aliphatic carbocycles. The summed E-state index contributed by atoms with van der Waals surface area (Å²) in [4.78, 5) is 22.8. The molecule has 0 fully saturated rings. The number of phenols is 1. The lowest BCUT2D eigenvalue weighted by atomic mass is 10.1. The number of ether oxygens (including phenoxy) is 1. The minimum atomic E-state index is -2.04. The highest BCUT2D eigenvalue weighted by molar-refractivity contribution is 6.37. The van der Waals surface area contributed by atoms with E-state index < -0.39 is 17.5 Å². The Morgan fingerprint density at radius 3 is 2.16 bits per heavy atom. The molecule has 0 aromatic heterocycles. The number of carboxylic acids is 1. The van der Waals surface area contributed by atoms with Crippen molar-refractivity contribution >= 4 is 40.8 Å². The summed E-state index contributed by atoms with van der Waals surface area (Å²) < 4.78 is 4.69. The van der Waals surface area contributed by atoms with E-state index in [1.807, 2.05) is 0 Å². The van der Waals surface area contributed by atoms with Crippen molar-refractivity contribution in [2.24, 2.45) is 0 Å². The van der Waals surface area contributed by atoms with Gasteiger partial charge in [0.1, 0.15) is 0 Å². The Morgan fingerprint density at radius 1 is 1.32 bits per heavy atom. The van der Waals surface area contributed by atoms with E-state index in [2.05, 4.69) is 5.32 Å². The van der Waals surface area contributed by atoms with Crippen LogP contribution in [0.5, 0.6) is 5.75 Å². The molecule has 19 heavy (non-hydrogen) atoms. The normalized spacial score (nSPS) is 13.7. The highest BCUT2D eigenvalue weighted by Gasteiger charge is 2.41. The monoisotopic (exact) mass is 307 g/mol. The number of aliphatic carboxylic acids is 1. The van der Waals surface area contributed by atoms with Gasteiger partial charge in [-0.15, -0.1) is 0 Å². The number of hydrogen-bond donors (Lipinski definition) is 3. The molecule has 1 unspecified atom stereocenters. The third kappa shape index (κ3) is 3.09. The average Bonchev–Trinajstić information content (AvgIpc) is 2.34. The van der Waals surface area contributed by atoms with Crippen LogP contribution in [-0.2, 0) is 14.3 Å². The van der Waals surface area contributed by atoms with E-state index in [1.165, 1.54) is 12.1 Å². The van der Waals surface area contributed by atoms with Crippen LogP contribution in [0.15, 0.2) is 12.1 Å². The van der Waals surface area contributed by atoms with Gasteiger partial charge in [0.25, 0.3) is 5.91 Å². The number of aromatic hydroxyl groups is 1. The summed E-state index contributed by atoms with van der Waals surface area (Å²) in [6.07, 6.45) is 0. The molecule has 0 radical (unpaired) electrons. The van der Waals surface area contributed by atoms with E-state index in [9.17, 15) is 14.7 Å². The van der Waals surface area contributed by atoms with Gasteiger partial charge in [0.05, 0.1) is 10.0 Å². The van der Waals surface area contributed by atoms with E-state index in [0.29, 0.717) is 0 Å². The number of carbonyl (C=O) groups excluding carboxylic acids is 1. The molecule has 0 heterocycles. The highest BCUT2D eigenvalue weighted by Crippen LogP contribution is 2.34. The SMILES string of the molecule is COC(C)(C(=O)O)C(=O)Nc1cc(Cl)c(O)c(Cl)c1. The van der Waals surface area contributed by atoms with Gasteiger partial charge in [-0.25, -0.2) is 4.79 Å². The fourth-order valence-electron chi connectivity index (χ4n) is 1.17. The number of anilines is 1. The molecule has 1 aromatic rings. The van der Waals surface area contributed by atoms with Crippen molar-refractivity contribution in [3.8, 4) is 5.75 Å². The molecular formula is C11H11Cl2NO5. The van der Waals surface area contributed by atoms with Crippen LogP contribution in [0.2, 0.25) is 10.0 Å². The number of carbonyl (C=O) groups is 2. The fraction of sp³-hybridized carbons (Fsp3) is 0.273. The molecule has 0 spiro atoms. The summed E-state index contributed by atoms with van der Waals surface area (Å²) in [5.74, 6) is -2.67. The molecule has 1 amide bonds. The summed E-state index contributed by atoms with van der Waals surface area (Å²) >= 11 is 11.4. The lowest BCUT2D eigenvalue weighted by Gasteiger charge is -2.22. The number of carboxylic acid groups (broad SMARTS) is 1. The Balaban J connectivity index is 3.03. The number of methoxy groups -OCH3 is 1. The second-order valence-electron chi connectivity index (χ2n) is 3.79. The zero-order valence-corrected chi connectivity index (χ0v) is 11.5. The van der Waals surface area contributed by atoms with Gasteiger partial charge in [-0.1, -0.05) is 23.2 Å². The van der Waals surface area contributed by atoms with E-state index in [1.54, 1.807) is 0 Å². The van der Waals surface area contributed by atoms with E-state index in [0.717, 1.165) is 14.0 Å². The third-order valence-electron chi connectivity index (χ3n) is 2.52. The van der Waals surface area contributed by atoms with Crippen molar-refractivity contribution in [3.05, 3.63) is 22.2 Å². The van der Waals surface area contributed by atoms with Crippen LogP contribution < -0.4 is 5.32 Å². The van der Waals surface area contributed by atoms with Crippen molar-refractivity contribution < 1.29 is 24.5 Å². The molecule has 0 aliphatic rings. The number of benzene rings is 1. The standard InChI is InChI=1S/C11H11Cl2NO5/c1-11(19-2,10(17)18)9(16)14-5-3-6(12)8(15)7(13)4-5/h3-4,15H,1-2H3,(H,14,16)(H,17,18). The first-order valence-corrected chi connectivity index (χ1v) is 5.76. The molecule has 6 nitrogen and oxygen atoms in total. The molecule has 0 saturated carbocycles. The minimum Gasteiger partial charge on any atom is -0.505 e. The summed E-state index contributed by atoms with van der Waals surface area (Å²) in [5.41, 5.74) is -1.90. The lowest BCUT2D eigenvalue weighted by molar-refractivity contribution is -0.165. The topological polar surface area (TPSA) is 95.9 Å². The van der Waals surface area contributed by atoms with Crippen LogP contribution in [0, 0.1) is 0 Å². The average molecular weight is 308 g/mol. The molecule has 0 aliphatic heterocycles. The van der Waals surface area contributed by atoms with Gasteiger partial charge >= 0.3 is 5.97 Å². The molecule has 1 atom stereocenters. The largest absolute Gasteiger partial charge is 0.505 e. The van der Waals surface area contributed by atoms with Crippen LogP contribution >= 0.6 is 23.2 Å². The van der Waals surface area contributed by atoms with E-state index in [-0.39, 0.29) is 21.5 Å². The number of rotatable bonds is 4. The number of phenolic OH excluding ortho intramolecular Hbond substituents is 1. The van der Waals surface area contributed by atoms with Gasteiger partial charge in [-0.3, -0.25) is 4.79 Å². The molecule has 1 aromatic carbocycles. The zero-order valence-electron chi connectivity index (χ0n) is 10.0. The maximum atomic E-state index is 11.8. The predicted octanol–water partition coefficient (Wildman–Crippen LogP) is 2.13. The van der Waals surface area contributed by atoms with Gasteiger partial charge in [-0.2, -0.15) is 0 Å². The number of halogens is 2. The minimum absolute atomic E-state index is 0.0720. The highest BCUT2D eigenvalue weighted by atomic mass is 35.5. The first-order chi connectivity index (χ1) is 8.72. The molecule has 1 rings (SSSR count). The van der Waals surface area contributed by atoms with Crippen LogP contribution in [0.4, 0.5) is 5.69 Å². The first-order valence-electron chi connectivity index (χ1n) is 5.00. The van der Waals surface area contributed by atoms with Crippen molar-refractivity contribution in [3.63, 3.8) is 0 Å². The molecule has 0 saturated heterocycles. The van der Waals surface area contributed by atoms with Gasteiger partial charge in [-0.05, 0) is 19.1 Å². The van der Waals surface area contributed by atoms with Crippen LogP contribution in [0.3, 0.4) is 0 Å². The smallest absolute Gasteiger partial charge is 0.345 e. The molecule has 8 heteroatoms. The quantitative estimate of drug-likeness (QED) is 0.585. The van der Waals surface area contributed by atoms with Crippen molar-refractivity contribution in [1.82, 2.24) is 0 Å². The Bertz CT molecular complexity index is 511. The van der Waals surface area contributed by atoms with E-state index in [4.69, 9.17) is 33.0 Å². The third-order valence-corrected chi connectivity index (χ3v) is 3.10. The zero-order chi connectivity index (χ0) is 14.8. The first kappa shape index (κ1) is 15.6. The molecule has 0 bridgehead atoms. The summed E-state index contributed by atoms with van der Waals surface area (Å²) in [6, 6.07) is 2.47. The van der Waals surface area contributed by atoms with Crippen LogP contribution in [0.1, 0.15) is 6.92 Å². The lowest BCUT2D eigenvalue weighted by Crippen LogP contribution is -2.48. The van der Waals surface area contributed by atoms with Gasteiger partial charge < -0.3 is 20.3 Å². The molecular weight excluding hydrogens is 297 g/mol. The van der Waals surface area contributed by atoms with Crippen molar-refractivity contribution in [2.45, 2.75) is 12.5 Å². The Kier molecular flexibility index (Phi) is 4.62. The maximum absolute atomic E-state index is 11.8. The van der Waals surface area contributed by atoms with Gasteiger partial charge in [0, 0.05) is 12.8 Å². The van der Waals surface area contributed by atoms with E-state index >= 15 is 0 Å².